The molecule has 1 aromatic heterocycles. The summed E-state index contributed by atoms with van der Waals surface area (Å²) in [6.45, 7) is 5.47. The van der Waals surface area contributed by atoms with Gasteiger partial charge in [0.15, 0.2) is 5.69 Å². The fourth-order valence-corrected chi connectivity index (χ4v) is 2.59. The van der Waals surface area contributed by atoms with E-state index in [1.165, 1.54) is 4.68 Å². The summed E-state index contributed by atoms with van der Waals surface area (Å²) in [6, 6.07) is 0. The minimum absolute atomic E-state index is 0.0456. The first-order valence-corrected chi connectivity index (χ1v) is 7.55. The molecule has 1 aliphatic rings. The molecule has 1 N–H and O–H groups in total. The first-order chi connectivity index (χ1) is 10.4. The van der Waals surface area contributed by atoms with E-state index < -0.39 is 18.0 Å². The molecule has 0 fully saturated rings. The molecule has 2 rings (SSSR count). The molecule has 1 atom stereocenters. The molecular formula is C15H22N2O5. The van der Waals surface area contributed by atoms with Gasteiger partial charge in [0.2, 0.25) is 0 Å². The van der Waals surface area contributed by atoms with E-state index in [9.17, 15) is 14.7 Å². The molecule has 0 radical (unpaired) electrons. The van der Waals surface area contributed by atoms with Gasteiger partial charge >= 0.3 is 11.9 Å². The zero-order valence-electron chi connectivity index (χ0n) is 13.2. The molecule has 7 nitrogen and oxygen atoms in total. The molecule has 22 heavy (non-hydrogen) atoms. The van der Waals surface area contributed by atoms with Crippen LogP contribution < -0.4 is 0 Å². The summed E-state index contributed by atoms with van der Waals surface area (Å²) < 4.78 is 11.6. The fraction of sp³-hybridized carbons (Fsp3) is 0.667. The molecule has 7 heteroatoms. The van der Waals surface area contributed by atoms with Crippen LogP contribution in [0.15, 0.2) is 0 Å². The molecular weight excluding hydrogens is 288 g/mol. The maximum Gasteiger partial charge on any atom is 0.359 e. The van der Waals surface area contributed by atoms with Crippen LogP contribution in [0.3, 0.4) is 0 Å². The van der Waals surface area contributed by atoms with E-state index in [4.69, 9.17) is 9.47 Å². The van der Waals surface area contributed by atoms with Crippen molar-refractivity contribution >= 4 is 11.9 Å². The number of carbonyl (C=O) groups excluding carboxylic acids is 2. The van der Waals surface area contributed by atoms with Gasteiger partial charge in [0.1, 0.15) is 6.54 Å². The number of esters is 2. The lowest BCUT2D eigenvalue weighted by Crippen LogP contribution is -2.23. The van der Waals surface area contributed by atoms with Gasteiger partial charge in [-0.25, -0.2) is 4.79 Å². The zero-order valence-corrected chi connectivity index (χ0v) is 13.2. The Balaban J connectivity index is 2.29. The molecule has 0 aliphatic heterocycles. The van der Waals surface area contributed by atoms with E-state index in [2.05, 4.69) is 5.10 Å². The number of aliphatic hydroxyl groups excluding tert-OH is 1. The van der Waals surface area contributed by atoms with Crippen molar-refractivity contribution < 1.29 is 24.2 Å². The van der Waals surface area contributed by atoms with Crippen LogP contribution in [0.2, 0.25) is 0 Å². The Hall–Kier alpha value is -1.89. The standard InChI is InChI=1S/C15H22N2O5/c1-4-21-15(20)14-11-7-10(18)5-6-12(11)17(16-14)8-13(19)22-9(2)3/h9-10,18H,4-8H2,1-3H3. The van der Waals surface area contributed by atoms with Gasteiger partial charge in [0, 0.05) is 17.7 Å². The van der Waals surface area contributed by atoms with Crippen LogP contribution >= 0.6 is 0 Å². The van der Waals surface area contributed by atoms with Crippen molar-refractivity contribution in [3.8, 4) is 0 Å². The third-order valence-electron chi connectivity index (χ3n) is 3.44. The van der Waals surface area contributed by atoms with Crippen molar-refractivity contribution in [2.24, 2.45) is 0 Å². The number of aliphatic hydroxyl groups is 1. The monoisotopic (exact) mass is 310 g/mol. The number of hydrogen-bond donors (Lipinski definition) is 1. The summed E-state index contributed by atoms with van der Waals surface area (Å²) in [7, 11) is 0. The number of rotatable bonds is 5. The third-order valence-corrected chi connectivity index (χ3v) is 3.44. The largest absolute Gasteiger partial charge is 0.462 e. The first kappa shape index (κ1) is 16.5. The smallest absolute Gasteiger partial charge is 0.359 e. The molecule has 0 bridgehead atoms. The lowest BCUT2D eigenvalue weighted by molar-refractivity contribution is -0.148. The van der Waals surface area contributed by atoms with Crippen molar-refractivity contribution in [3.05, 3.63) is 17.0 Å². The van der Waals surface area contributed by atoms with E-state index in [0.717, 1.165) is 5.69 Å². The number of aromatic nitrogens is 2. The second-order valence-corrected chi connectivity index (χ2v) is 5.59. The molecule has 1 unspecified atom stereocenters. The van der Waals surface area contributed by atoms with Gasteiger partial charge < -0.3 is 14.6 Å². The Morgan fingerprint density at radius 3 is 2.82 bits per heavy atom. The van der Waals surface area contributed by atoms with Crippen molar-refractivity contribution in [1.82, 2.24) is 9.78 Å². The Labute approximate surface area is 129 Å². The number of carbonyl (C=O) groups is 2. The molecule has 0 saturated carbocycles. The quantitative estimate of drug-likeness (QED) is 0.811. The van der Waals surface area contributed by atoms with Gasteiger partial charge in [-0.05, 0) is 33.6 Å². The highest BCUT2D eigenvalue weighted by Crippen LogP contribution is 2.25. The normalized spacial score (nSPS) is 17.2. The number of hydrogen-bond acceptors (Lipinski definition) is 6. The van der Waals surface area contributed by atoms with Crippen LogP contribution in [0.4, 0.5) is 0 Å². The predicted molar refractivity (Wildman–Crippen MR) is 77.4 cm³/mol. The number of nitrogens with zero attached hydrogens (tertiary/aromatic N) is 2. The Kier molecular flexibility index (Phi) is 5.18. The molecule has 0 spiro atoms. The summed E-state index contributed by atoms with van der Waals surface area (Å²) in [5.41, 5.74) is 1.66. The summed E-state index contributed by atoms with van der Waals surface area (Å²) >= 11 is 0. The minimum Gasteiger partial charge on any atom is -0.462 e. The maximum atomic E-state index is 12.0. The minimum atomic E-state index is -0.524. The maximum absolute atomic E-state index is 12.0. The van der Waals surface area contributed by atoms with Crippen LogP contribution in [0.5, 0.6) is 0 Å². The Morgan fingerprint density at radius 2 is 2.18 bits per heavy atom. The van der Waals surface area contributed by atoms with Gasteiger partial charge in [0.05, 0.1) is 18.8 Å². The van der Waals surface area contributed by atoms with Crippen LogP contribution in [-0.4, -0.2) is 45.6 Å². The van der Waals surface area contributed by atoms with Crippen LogP contribution in [-0.2, 0) is 33.7 Å². The summed E-state index contributed by atoms with van der Waals surface area (Å²) in [6.07, 6.45) is 0.798. The molecule has 0 saturated heterocycles. The Bertz CT molecular complexity index is 565. The highest BCUT2D eigenvalue weighted by molar-refractivity contribution is 5.89. The average molecular weight is 310 g/mol. The van der Waals surface area contributed by atoms with Crippen molar-refractivity contribution in [2.45, 2.75) is 58.8 Å². The Morgan fingerprint density at radius 1 is 1.45 bits per heavy atom. The van der Waals surface area contributed by atoms with Crippen LogP contribution in [0.1, 0.15) is 48.9 Å². The number of ether oxygens (including phenoxy) is 2. The third kappa shape index (κ3) is 3.65. The summed E-state index contributed by atoms with van der Waals surface area (Å²) in [5.74, 6) is -0.925. The number of fused-ring (bicyclic) bond motifs is 1. The van der Waals surface area contributed by atoms with Crippen molar-refractivity contribution in [3.63, 3.8) is 0 Å². The van der Waals surface area contributed by atoms with Crippen LogP contribution in [0, 0.1) is 0 Å². The average Bonchev–Trinajstić information content (AvgIpc) is 2.76. The molecule has 1 aliphatic carbocycles. The molecule has 0 aromatic carbocycles. The summed E-state index contributed by atoms with van der Waals surface area (Å²) in [5, 5.41) is 14.0. The van der Waals surface area contributed by atoms with Gasteiger partial charge in [0.25, 0.3) is 0 Å². The topological polar surface area (TPSA) is 90.7 Å². The lowest BCUT2D eigenvalue weighted by atomic mass is 9.93. The van der Waals surface area contributed by atoms with E-state index in [1.54, 1.807) is 20.8 Å². The second kappa shape index (κ2) is 6.91. The molecule has 1 aromatic rings. The van der Waals surface area contributed by atoms with Gasteiger partial charge in [-0.15, -0.1) is 0 Å². The first-order valence-electron chi connectivity index (χ1n) is 7.55. The molecule has 1 heterocycles. The van der Waals surface area contributed by atoms with Crippen molar-refractivity contribution in [2.75, 3.05) is 6.61 Å². The van der Waals surface area contributed by atoms with E-state index in [0.29, 0.717) is 24.8 Å². The molecule has 122 valence electrons. The van der Waals surface area contributed by atoms with Gasteiger partial charge in [-0.2, -0.15) is 5.10 Å². The fourth-order valence-electron chi connectivity index (χ4n) is 2.59. The summed E-state index contributed by atoms with van der Waals surface area (Å²) in [4.78, 5) is 23.8. The zero-order chi connectivity index (χ0) is 16.3. The molecule has 0 amide bonds. The predicted octanol–water partition coefficient (Wildman–Crippen LogP) is 0.861. The highest BCUT2D eigenvalue weighted by atomic mass is 16.5. The van der Waals surface area contributed by atoms with E-state index in [-0.39, 0.29) is 24.9 Å². The van der Waals surface area contributed by atoms with E-state index >= 15 is 0 Å². The SMILES string of the molecule is CCOC(=O)c1nn(CC(=O)OC(C)C)c2c1CC(O)CC2. The second-order valence-electron chi connectivity index (χ2n) is 5.59. The van der Waals surface area contributed by atoms with E-state index in [1.807, 2.05) is 0 Å². The van der Waals surface area contributed by atoms with Crippen LogP contribution in [0.25, 0.3) is 0 Å². The van der Waals surface area contributed by atoms with Gasteiger partial charge in [-0.3, -0.25) is 9.48 Å². The highest BCUT2D eigenvalue weighted by Gasteiger charge is 2.29. The van der Waals surface area contributed by atoms with Crippen molar-refractivity contribution in [1.29, 1.82) is 0 Å². The lowest BCUT2D eigenvalue weighted by Gasteiger charge is -2.19. The van der Waals surface area contributed by atoms with Gasteiger partial charge in [-0.1, -0.05) is 0 Å².